The first-order valence-corrected chi connectivity index (χ1v) is 9.78. The molecule has 1 atom stereocenters. The Kier molecular flexibility index (Phi) is 4.91. The molecule has 2 aliphatic rings. The smallest absolute Gasteiger partial charge is 0.312 e. The number of carbonyl (C=O) groups is 2. The van der Waals surface area contributed by atoms with E-state index in [-0.39, 0.29) is 11.9 Å². The summed E-state index contributed by atoms with van der Waals surface area (Å²) in [6.07, 6.45) is 6.91. The fraction of sp³-hybridized carbons (Fsp3) is 0.455. The van der Waals surface area contributed by atoms with Crippen molar-refractivity contribution >= 4 is 22.6 Å². The zero-order chi connectivity index (χ0) is 17.9. The van der Waals surface area contributed by atoms with Crippen LogP contribution in [0.5, 0.6) is 0 Å². The first-order chi connectivity index (χ1) is 12.7. The van der Waals surface area contributed by atoms with Gasteiger partial charge in [-0.05, 0) is 41.5 Å². The summed E-state index contributed by atoms with van der Waals surface area (Å²) in [4.78, 5) is 26.4. The Morgan fingerprint density at radius 1 is 0.962 bits per heavy atom. The fourth-order valence-electron chi connectivity index (χ4n) is 4.48. The van der Waals surface area contributed by atoms with E-state index in [9.17, 15) is 9.59 Å². The maximum absolute atomic E-state index is 12.6. The monoisotopic (exact) mass is 350 g/mol. The van der Waals surface area contributed by atoms with Crippen LogP contribution in [0.2, 0.25) is 0 Å². The van der Waals surface area contributed by atoms with Crippen molar-refractivity contribution in [1.82, 2.24) is 10.2 Å². The Balaban J connectivity index is 1.57. The van der Waals surface area contributed by atoms with Crippen molar-refractivity contribution < 1.29 is 9.59 Å². The number of hydrogen-bond acceptors (Lipinski definition) is 2. The van der Waals surface area contributed by atoms with Gasteiger partial charge in [0.1, 0.15) is 0 Å². The summed E-state index contributed by atoms with van der Waals surface area (Å²) in [6, 6.07) is 14.7. The number of benzene rings is 2. The summed E-state index contributed by atoms with van der Waals surface area (Å²) in [5, 5.41) is 5.24. The van der Waals surface area contributed by atoms with Crippen molar-refractivity contribution in [2.24, 2.45) is 5.92 Å². The van der Waals surface area contributed by atoms with Crippen LogP contribution in [0, 0.1) is 5.92 Å². The number of nitrogens with zero attached hydrogens (tertiary/aromatic N) is 1. The number of amides is 2. The third-order valence-corrected chi connectivity index (χ3v) is 5.91. The predicted molar refractivity (Wildman–Crippen MR) is 103 cm³/mol. The lowest BCUT2D eigenvalue weighted by Gasteiger charge is -2.38. The minimum atomic E-state index is -0.449. The van der Waals surface area contributed by atoms with Gasteiger partial charge in [-0.15, -0.1) is 0 Å². The van der Waals surface area contributed by atoms with E-state index in [1.54, 1.807) is 0 Å². The maximum atomic E-state index is 12.6. The summed E-state index contributed by atoms with van der Waals surface area (Å²) >= 11 is 0. The summed E-state index contributed by atoms with van der Waals surface area (Å²) in [7, 11) is 0. The molecule has 1 saturated carbocycles. The normalized spacial score (nSPS) is 21.8. The SMILES string of the molecule is O=C1NC[C@@H](Cc2cccc3ccccc23)N(CC2CCCCC2)C1=O. The average molecular weight is 350 g/mol. The Morgan fingerprint density at radius 2 is 1.73 bits per heavy atom. The molecule has 0 spiro atoms. The Labute approximate surface area is 154 Å². The topological polar surface area (TPSA) is 49.4 Å². The third-order valence-electron chi connectivity index (χ3n) is 5.91. The van der Waals surface area contributed by atoms with E-state index in [4.69, 9.17) is 0 Å². The van der Waals surface area contributed by atoms with Crippen molar-refractivity contribution in [1.29, 1.82) is 0 Å². The standard InChI is InChI=1S/C22H26N2O2/c25-21-22(26)24(15-16-7-2-1-3-8-16)19(14-23-21)13-18-11-6-10-17-9-4-5-12-20(17)18/h4-6,9-12,16,19H,1-3,7-8,13-15H2,(H,23,25)/t19-/m1/s1. The van der Waals surface area contributed by atoms with Gasteiger partial charge in [0.15, 0.2) is 0 Å². The lowest BCUT2D eigenvalue weighted by atomic mass is 9.88. The minimum absolute atomic E-state index is 0.0351. The molecule has 1 heterocycles. The second kappa shape index (κ2) is 7.48. The molecule has 4 rings (SSSR count). The van der Waals surface area contributed by atoms with Crippen LogP contribution in [0.25, 0.3) is 10.8 Å². The second-order valence-electron chi connectivity index (χ2n) is 7.67. The van der Waals surface area contributed by atoms with Gasteiger partial charge in [-0.2, -0.15) is 0 Å². The molecule has 0 unspecified atom stereocenters. The molecule has 1 saturated heterocycles. The van der Waals surface area contributed by atoms with Gasteiger partial charge < -0.3 is 10.2 Å². The molecule has 4 heteroatoms. The van der Waals surface area contributed by atoms with Gasteiger partial charge in [-0.1, -0.05) is 61.7 Å². The van der Waals surface area contributed by atoms with Gasteiger partial charge in [0.05, 0.1) is 6.04 Å². The van der Waals surface area contributed by atoms with Crippen molar-refractivity contribution in [2.45, 2.75) is 44.6 Å². The summed E-state index contributed by atoms with van der Waals surface area (Å²) in [6.45, 7) is 1.27. The van der Waals surface area contributed by atoms with Crippen LogP contribution in [0.4, 0.5) is 0 Å². The zero-order valence-electron chi connectivity index (χ0n) is 15.1. The molecule has 2 amide bonds. The van der Waals surface area contributed by atoms with Crippen LogP contribution in [0.15, 0.2) is 42.5 Å². The second-order valence-corrected chi connectivity index (χ2v) is 7.67. The Morgan fingerprint density at radius 3 is 2.58 bits per heavy atom. The van der Waals surface area contributed by atoms with Crippen LogP contribution >= 0.6 is 0 Å². The van der Waals surface area contributed by atoms with Gasteiger partial charge in [0, 0.05) is 13.1 Å². The molecule has 26 heavy (non-hydrogen) atoms. The predicted octanol–water partition coefficient (Wildman–Crippen LogP) is 3.29. The molecule has 0 bridgehead atoms. The van der Waals surface area contributed by atoms with Crippen molar-refractivity contribution in [3.8, 4) is 0 Å². The first-order valence-electron chi connectivity index (χ1n) is 9.78. The van der Waals surface area contributed by atoms with Gasteiger partial charge in [-0.25, -0.2) is 0 Å². The quantitative estimate of drug-likeness (QED) is 0.860. The highest BCUT2D eigenvalue weighted by Gasteiger charge is 2.35. The van der Waals surface area contributed by atoms with Crippen molar-refractivity contribution in [3.05, 3.63) is 48.0 Å². The lowest BCUT2D eigenvalue weighted by Crippen LogP contribution is -2.59. The van der Waals surface area contributed by atoms with Gasteiger partial charge in [0.25, 0.3) is 0 Å². The van der Waals surface area contributed by atoms with Gasteiger partial charge in [0.2, 0.25) is 0 Å². The molecule has 1 aliphatic carbocycles. The maximum Gasteiger partial charge on any atom is 0.312 e. The van der Waals surface area contributed by atoms with E-state index in [0.29, 0.717) is 12.5 Å². The van der Waals surface area contributed by atoms with E-state index in [2.05, 4.69) is 41.7 Å². The zero-order valence-corrected chi connectivity index (χ0v) is 15.1. The van der Waals surface area contributed by atoms with Crippen LogP contribution in [-0.2, 0) is 16.0 Å². The highest BCUT2D eigenvalue weighted by Crippen LogP contribution is 2.27. The van der Waals surface area contributed by atoms with Crippen LogP contribution < -0.4 is 5.32 Å². The molecule has 2 aromatic rings. The minimum Gasteiger partial charge on any atom is -0.346 e. The van der Waals surface area contributed by atoms with Gasteiger partial charge in [-0.3, -0.25) is 9.59 Å². The van der Waals surface area contributed by atoms with E-state index in [1.807, 2.05) is 11.0 Å². The molecule has 0 aromatic heterocycles. The van der Waals surface area contributed by atoms with Crippen molar-refractivity contribution in [3.63, 3.8) is 0 Å². The van der Waals surface area contributed by atoms with Gasteiger partial charge >= 0.3 is 11.8 Å². The number of fused-ring (bicyclic) bond motifs is 1. The summed E-state index contributed by atoms with van der Waals surface area (Å²) in [5.41, 5.74) is 1.24. The van der Waals surface area contributed by atoms with E-state index in [0.717, 1.165) is 13.0 Å². The molecule has 136 valence electrons. The summed E-state index contributed by atoms with van der Waals surface area (Å²) in [5.74, 6) is -0.268. The number of rotatable bonds is 4. The lowest BCUT2D eigenvalue weighted by molar-refractivity contribution is -0.151. The molecule has 1 aliphatic heterocycles. The fourth-order valence-corrected chi connectivity index (χ4v) is 4.48. The summed E-state index contributed by atoms with van der Waals surface area (Å²) < 4.78 is 0. The number of piperazine rings is 1. The van der Waals surface area contributed by atoms with E-state index >= 15 is 0 Å². The number of hydrogen-bond donors (Lipinski definition) is 1. The highest BCUT2D eigenvalue weighted by molar-refractivity contribution is 6.35. The van der Waals surface area contributed by atoms with E-state index < -0.39 is 5.91 Å². The van der Waals surface area contributed by atoms with Crippen LogP contribution in [0.3, 0.4) is 0 Å². The largest absolute Gasteiger partial charge is 0.346 e. The number of carbonyl (C=O) groups excluding carboxylic acids is 2. The Hall–Kier alpha value is -2.36. The molecule has 2 aromatic carbocycles. The first kappa shape index (κ1) is 17.1. The van der Waals surface area contributed by atoms with Crippen molar-refractivity contribution in [2.75, 3.05) is 13.1 Å². The highest BCUT2D eigenvalue weighted by atomic mass is 16.2. The molecule has 2 fully saturated rings. The van der Waals surface area contributed by atoms with E-state index in [1.165, 1.54) is 48.4 Å². The molecule has 0 radical (unpaired) electrons. The molecular formula is C22H26N2O2. The molecular weight excluding hydrogens is 324 g/mol. The third kappa shape index (κ3) is 3.46. The number of nitrogens with one attached hydrogen (secondary N) is 1. The molecule has 4 nitrogen and oxygen atoms in total. The Bertz CT molecular complexity index is 805. The van der Waals surface area contributed by atoms with Crippen LogP contribution in [-0.4, -0.2) is 35.8 Å². The van der Waals surface area contributed by atoms with Crippen LogP contribution in [0.1, 0.15) is 37.7 Å². The molecule has 1 N–H and O–H groups in total. The average Bonchev–Trinajstić information content (AvgIpc) is 2.68.